The summed E-state index contributed by atoms with van der Waals surface area (Å²) in [5.41, 5.74) is 3.38. The number of rotatable bonds is 5. The zero-order chi connectivity index (χ0) is 22.2. The SMILES string of the molecule is C[C@H](Cn1cnc2c3cc(F)ccc3n(Cc3ccc(F)cc3)c2c1=O)c1ccccc1. The minimum absolute atomic E-state index is 0.112. The van der Waals surface area contributed by atoms with Crippen molar-refractivity contribution in [2.24, 2.45) is 0 Å². The predicted molar refractivity (Wildman–Crippen MR) is 122 cm³/mol. The topological polar surface area (TPSA) is 39.8 Å². The van der Waals surface area contributed by atoms with E-state index < -0.39 is 0 Å². The molecule has 0 aliphatic rings. The van der Waals surface area contributed by atoms with Gasteiger partial charge in [0.25, 0.3) is 5.56 Å². The number of fused-ring (bicyclic) bond motifs is 3. The minimum atomic E-state index is -0.387. The Morgan fingerprint density at radius 2 is 1.66 bits per heavy atom. The molecule has 0 fully saturated rings. The second kappa shape index (κ2) is 8.04. The molecule has 0 amide bonds. The fourth-order valence-electron chi connectivity index (χ4n) is 4.22. The van der Waals surface area contributed by atoms with Gasteiger partial charge in [-0.1, -0.05) is 49.4 Å². The second-order valence-corrected chi connectivity index (χ2v) is 8.09. The number of hydrogen-bond donors (Lipinski definition) is 0. The number of aromatic nitrogens is 3. The van der Waals surface area contributed by atoms with Gasteiger partial charge in [-0.3, -0.25) is 9.36 Å². The molecular formula is C26H21F2N3O. The molecule has 32 heavy (non-hydrogen) atoms. The summed E-state index contributed by atoms with van der Waals surface area (Å²) in [5, 5.41) is 0.586. The zero-order valence-corrected chi connectivity index (χ0v) is 17.5. The predicted octanol–water partition coefficient (Wildman–Crippen LogP) is 5.48. The third kappa shape index (κ3) is 3.58. The number of benzene rings is 3. The monoisotopic (exact) mass is 429 g/mol. The first kappa shape index (κ1) is 20.1. The van der Waals surface area contributed by atoms with E-state index in [2.05, 4.69) is 11.9 Å². The van der Waals surface area contributed by atoms with Crippen LogP contribution in [0.2, 0.25) is 0 Å². The van der Waals surface area contributed by atoms with Gasteiger partial charge in [-0.15, -0.1) is 0 Å². The van der Waals surface area contributed by atoms with E-state index in [4.69, 9.17) is 0 Å². The molecule has 0 aliphatic heterocycles. The molecule has 3 aromatic carbocycles. The molecule has 5 rings (SSSR count). The summed E-state index contributed by atoms with van der Waals surface area (Å²) in [5.74, 6) is -0.598. The maximum Gasteiger partial charge on any atom is 0.277 e. The van der Waals surface area contributed by atoms with Crippen LogP contribution in [0.15, 0.2) is 83.9 Å². The first-order chi connectivity index (χ1) is 15.5. The van der Waals surface area contributed by atoms with Crippen LogP contribution in [0.5, 0.6) is 0 Å². The summed E-state index contributed by atoms with van der Waals surface area (Å²) >= 11 is 0. The molecule has 6 heteroatoms. The van der Waals surface area contributed by atoms with Crippen LogP contribution in [-0.4, -0.2) is 14.1 Å². The van der Waals surface area contributed by atoms with Crippen LogP contribution in [0.4, 0.5) is 8.78 Å². The van der Waals surface area contributed by atoms with Crippen molar-refractivity contribution in [3.8, 4) is 0 Å². The molecule has 0 radical (unpaired) electrons. The van der Waals surface area contributed by atoms with Gasteiger partial charge in [0, 0.05) is 18.5 Å². The minimum Gasteiger partial charge on any atom is -0.330 e. The van der Waals surface area contributed by atoms with Gasteiger partial charge in [0.05, 0.1) is 11.8 Å². The zero-order valence-electron chi connectivity index (χ0n) is 17.5. The lowest BCUT2D eigenvalue weighted by Crippen LogP contribution is -2.24. The lowest BCUT2D eigenvalue weighted by Gasteiger charge is -2.14. The Hall–Kier alpha value is -3.80. The summed E-state index contributed by atoms with van der Waals surface area (Å²) in [6.45, 7) is 2.88. The molecule has 0 bridgehead atoms. The molecule has 1 atom stereocenters. The maximum atomic E-state index is 14.0. The van der Waals surface area contributed by atoms with E-state index in [-0.39, 0.29) is 23.1 Å². The Morgan fingerprint density at radius 3 is 2.41 bits per heavy atom. The second-order valence-electron chi connectivity index (χ2n) is 8.09. The van der Waals surface area contributed by atoms with Crippen LogP contribution in [0, 0.1) is 11.6 Å². The van der Waals surface area contributed by atoms with Crippen LogP contribution in [-0.2, 0) is 13.1 Å². The average molecular weight is 429 g/mol. The van der Waals surface area contributed by atoms with Crippen LogP contribution in [0.3, 0.4) is 0 Å². The number of hydrogen-bond acceptors (Lipinski definition) is 2. The van der Waals surface area contributed by atoms with Crippen LogP contribution < -0.4 is 5.56 Å². The summed E-state index contributed by atoms with van der Waals surface area (Å²) < 4.78 is 30.9. The van der Waals surface area contributed by atoms with Crippen LogP contribution in [0.25, 0.3) is 21.9 Å². The molecule has 0 N–H and O–H groups in total. The van der Waals surface area contributed by atoms with Crippen LogP contribution in [0.1, 0.15) is 24.0 Å². The summed E-state index contributed by atoms with van der Waals surface area (Å²) in [6, 6.07) is 20.6. The van der Waals surface area contributed by atoms with E-state index in [1.807, 2.05) is 34.9 Å². The summed E-state index contributed by atoms with van der Waals surface area (Å²) in [7, 11) is 0. The van der Waals surface area contributed by atoms with Crippen molar-refractivity contribution in [2.45, 2.75) is 25.9 Å². The number of nitrogens with zero attached hydrogens (tertiary/aromatic N) is 3. The van der Waals surface area contributed by atoms with E-state index in [9.17, 15) is 13.6 Å². The third-order valence-electron chi connectivity index (χ3n) is 5.88. The van der Waals surface area contributed by atoms with Gasteiger partial charge in [-0.2, -0.15) is 0 Å². The van der Waals surface area contributed by atoms with Gasteiger partial charge in [-0.05, 0) is 47.4 Å². The van der Waals surface area contributed by atoms with E-state index in [1.54, 1.807) is 22.8 Å². The quantitative estimate of drug-likeness (QED) is 0.371. The first-order valence-corrected chi connectivity index (χ1v) is 10.5. The van der Waals surface area contributed by atoms with E-state index in [0.29, 0.717) is 35.0 Å². The Morgan fingerprint density at radius 1 is 0.938 bits per heavy atom. The average Bonchev–Trinajstić information content (AvgIpc) is 3.11. The van der Waals surface area contributed by atoms with Crippen molar-refractivity contribution in [1.29, 1.82) is 0 Å². The van der Waals surface area contributed by atoms with E-state index in [1.165, 1.54) is 30.6 Å². The molecule has 2 heterocycles. The smallest absolute Gasteiger partial charge is 0.277 e. The highest BCUT2D eigenvalue weighted by molar-refractivity contribution is 6.05. The highest BCUT2D eigenvalue weighted by atomic mass is 19.1. The fourth-order valence-corrected chi connectivity index (χ4v) is 4.22. The highest BCUT2D eigenvalue weighted by Gasteiger charge is 2.18. The Bertz CT molecular complexity index is 1470. The van der Waals surface area contributed by atoms with Gasteiger partial charge in [-0.25, -0.2) is 13.8 Å². The van der Waals surface area contributed by atoms with E-state index in [0.717, 1.165) is 11.1 Å². The van der Waals surface area contributed by atoms with Crippen molar-refractivity contribution in [1.82, 2.24) is 14.1 Å². The Kier molecular flexibility index (Phi) is 5.05. The molecule has 5 aromatic rings. The molecule has 0 spiro atoms. The Labute approximate surface area is 183 Å². The molecular weight excluding hydrogens is 408 g/mol. The van der Waals surface area contributed by atoms with Crippen molar-refractivity contribution in [3.63, 3.8) is 0 Å². The standard InChI is InChI=1S/C26H21F2N3O/c1-17(19-5-3-2-4-6-19)14-30-16-29-24-22-13-21(28)11-12-23(22)31(25(24)26(30)32)15-18-7-9-20(27)10-8-18/h2-13,16-17H,14-15H2,1H3/t17-/m1/s1. The molecule has 0 aliphatic carbocycles. The Balaban J connectivity index is 1.66. The molecule has 2 aromatic heterocycles. The fraction of sp³-hybridized carbons (Fsp3) is 0.154. The van der Waals surface area contributed by atoms with Crippen molar-refractivity contribution < 1.29 is 8.78 Å². The van der Waals surface area contributed by atoms with Gasteiger partial charge in [0.2, 0.25) is 0 Å². The third-order valence-corrected chi connectivity index (χ3v) is 5.88. The van der Waals surface area contributed by atoms with Crippen molar-refractivity contribution in [3.05, 3.63) is 112 Å². The van der Waals surface area contributed by atoms with Crippen molar-refractivity contribution in [2.75, 3.05) is 0 Å². The molecule has 0 saturated heterocycles. The largest absolute Gasteiger partial charge is 0.330 e. The van der Waals surface area contributed by atoms with E-state index >= 15 is 0 Å². The summed E-state index contributed by atoms with van der Waals surface area (Å²) in [6.07, 6.45) is 1.54. The van der Waals surface area contributed by atoms with Gasteiger partial charge in [0.1, 0.15) is 22.7 Å². The van der Waals surface area contributed by atoms with Gasteiger partial charge >= 0.3 is 0 Å². The molecule has 4 nitrogen and oxygen atoms in total. The van der Waals surface area contributed by atoms with Crippen molar-refractivity contribution >= 4 is 21.9 Å². The molecule has 0 saturated carbocycles. The molecule has 160 valence electrons. The summed E-state index contributed by atoms with van der Waals surface area (Å²) in [4.78, 5) is 18.1. The maximum absolute atomic E-state index is 14.0. The lowest BCUT2D eigenvalue weighted by molar-refractivity contribution is 0.575. The van der Waals surface area contributed by atoms with Gasteiger partial charge in [0.15, 0.2) is 0 Å². The normalized spacial score (nSPS) is 12.5. The molecule has 0 unspecified atom stereocenters. The first-order valence-electron chi connectivity index (χ1n) is 10.5. The lowest BCUT2D eigenvalue weighted by atomic mass is 10.0. The van der Waals surface area contributed by atoms with Crippen LogP contribution >= 0.6 is 0 Å². The number of halogens is 2. The highest BCUT2D eigenvalue weighted by Crippen LogP contribution is 2.27. The van der Waals surface area contributed by atoms with Gasteiger partial charge < -0.3 is 4.57 Å².